The first-order chi connectivity index (χ1) is 11.6. The summed E-state index contributed by atoms with van der Waals surface area (Å²) in [5.41, 5.74) is -0.479. The van der Waals surface area contributed by atoms with Crippen LogP contribution >= 0.6 is 15.9 Å². The van der Waals surface area contributed by atoms with Gasteiger partial charge in [-0.25, -0.2) is 9.59 Å². The van der Waals surface area contributed by atoms with Gasteiger partial charge in [-0.15, -0.1) is 0 Å². The van der Waals surface area contributed by atoms with Gasteiger partial charge in [-0.3, -0.25) is 4.79 Å². The van der Waals surface area contributed by atoms with Gasteiger partial charge in [-0.2, -0.15) is 0 Å². The fourth-order valence-corrected chi connectivity index (χ4v) is 2.83. The van der Waals surface area contributed by atoms with Crippen LogP contribution in [-0.2, 0) is 4.74 Å². The number of hydrogen-bond donors (Lipinski definition) is 1. The highest BCUT2D eigenvalue weighted by Crippen LogP contribution is 2.20. The molecular weight excluding hydrogens is 392 g/mol. The van der Waals surface area contributed by atoms with Gasteiger partial charge in [0.25, 0.3) is 5.91 Å². The van der Waals surface area contributed by atoms with Crippen molar-refractivity contribution in [2.45, 2.75) is 26.4 Å². The molecule has 0 atom stereocenters. The van der Waals surface area contributed by atoms with Crippen molar-refractivity contribution in [1.29, 1.82) is 0 Å². The highest BCUT2D eigenvalue weighted by atomic mass is 79.9. The SMILES string of the molecule is CC(C)(C)OC(=O)N1CCN(C(=O)c2ccc(Br)cc2C(=O)O)CC1. The highest BCUT2D eigenvalue weighted by Gasteiger charge is 2.29. The predicted molar refractivity (Wildman–Crippen MR) is 94.8 cm³/mol. The van der Waals surface area contributed by atoms with E-state index in [4.69, 9.17) is 4.74 Å². The average Bonchev–Trinajstić information content (AvgIpc) is 2.52. The Morgan fingerprint density at radius 1 is 1.04 bits per heavy atom. The Labute approximate surface area is 154 Å². The molecule has 1 aliphatic rings. The zero-order valence-corrected chi connectivity index (χ0v) is 16.0. The number of halogens is 1. The van der Waals surface area contributed by atoms with Gasteiger partial charge in [-0.05, 0) is 39.0 Å². The van der Waals surface area contributed by atoms with Crippen molar-refractivity contribution in [3.63, 3.8) is 0 Å². The number of hydrogen-bond acceptors (Lipinski definition) is 4. The molecule has 1 fully saturated rings. The Bertz CT molecular complexity index is 691. The number of benzene rings is 1. The highest BCUT2D eigenvalue weighted by molar-refractivity contribution is 9.10. The molecule has 0 radical (unpaired) electrons. The van der Waals surface area contributed by atoms with E-state index in [1.54, 1.807) is 36.6 Å². The van der Waals surface area contributed by atoms with E-state index in [-0.39, 0.29) is 17.0 Å². The van der Waals surface area contributed by atoms with Crippen molar-refractivity contribution in [1.82, 2.24) is 9.80 Å². The normalized spacial score (nSPS) is 15.0. The molecule has 0 unspecified atom stereocenters. The molecule has 1 aromatic rings. The maximum atomic E-state index is 12.7. The topological polar surface area (TPSA) is 87.2 Å². The van der Waals surface area contributed by atoms with Crippen LogP contribution in [0.25, 0.3) is 0 Å². The van der Waals surface area contributed by atoms with E-state index < -0.39 is 17.7 Å². The third-order valence-corrected chi connectivity index (χ3v) is 4.15. The van der Waals surface area contributed by atoms with Gasteiger partial charge in [0.15, 0.2) is 0 Å². The van der Waals surface area contributed by atoms with Crippen LogP contribution in [0.1, 0.15) is 41.5 Å². The molecule has 2 rings (SSSR count). The molecule has 0 aromatic heterocycles. The maximum Gasteiger partial charge on any atom is 0.410 e. The van der Waals surface area contributed by atoms with E-state index in [1.807, 2.05) is 0 Å². The van der Waals surface area contributed by atoms with Gasteiger partial charge < -0.3 is 19.6 Å². The fraction of sp³-hybridized carbons (Fsp3) is 0.471. The number of carboxylic acid groups (broad SMARTS) is 1. The third-order valence-electron chi connectivity index (χ3n) is 3.66. The Morgan fingerprint density at radius 2 is 1.60 bits per heavy atom. The van der Waals surface area contributed by atoms with Crippen molar-refractivity contribution in [3.8, 4) is 0 Å². The largest absolute Gasteiger partial charge is 0.478 e. The minimum absolute atomic E-state index is 0.0473. The molecule has 1 heterocycles. The van der Waals surface area contributed by atoms with Crippen LogP contribution in [0.2, 0.25) is 0 Å². The van der Waals surface area contributed by atoms with Crippen LogP contribution in [0.5, 0.6) is 0 Å². The molecule has 1 saturated heterocycles. The van der Waals surface area contributed by atoms with E-state index in [0.717, 1.165) is 0 Å². The number of rotatable bonds is 2. The maximum absolute atomic E-state index is 12.7. The number of ether oxygens (including phenoxy) is 1. The molecule has 25 heavy (non-hydrogen) atoms. The summed E-state index contributed by atoms with van der Waals surface area (Å²) in [4.78, 5) is 39.2. The summed E-state index contributed by atoms with van der Waals surface area (Å²) in [5.74, 6) is -1.51. The van der Waals surface area contributed by atoms with Gasteiger partial charge in [0.05, 0.1) is 11.1 Å². The lowest BCUT2D eigenvalue weighted by Crippen LogP contribution is -2.51. The summed E-state index contributed by atoms with van der Waals surface area (Å²) in [6.45, 7) is 6.74. The minimum atomic E-state index is -1.16. The first kappa shape index (κ1) is 19.2. The summed E-state index contributed by atoms with van der Waals surface area (Å²) in [5, 5.41) is 9.30. The van der Waals surface area contributed by atoms with Gasteiger partial charge in [0.1, 0.15) is 5.60 Å². The lowest BCUT2D eigenvalue weighted by Gasteiger charge is -2.35. The monoisotopic (exact) mass is 412 g/mol. The number of carbonyl (C=O) groups is 3. The number of piperazine rings is 1. The lowest BCUT2D eigenvalue weighted by atomic mass is 10.1. The van der Waals surface area contributed by atoms with E-state index >= 15 is 0 Å². The van der Waals surface area contributed by atoms with Gasteiger partial charge >= 0.3 is 12.1 Å². The molecule has 136 valence electrons. The number of carbonyl (C=O) groups excluding carboxylic acids is 2. The van der Waals surface area contributed by atoms with Crippen LogP contribution in [0.15, 0.2) is 22.7 Å². The van der Waals surface area contributed by atoms with Gasteiger partial charge in [0, 0.05) is 30.7 Å². The van der Waals surface area contributed by atoms with E-state index in [1.165, 1.54) is 12.1 Å². The second-order valence-electron chi connectivity index (χ2n) is 6.75. The van der Waals surface area contributed by atoms with E-state index in [0.29, 0.717) is 30.7 Å². The second-order valence-corrected chi connectivity index (χ2v) is 7.67. The molecule has 8 heteroatoms. The molecule has 0 bridgehead atoms. The molecule has 0 spiro atoms. The smallest absolute Gasteiger partial charge is 0.410 e. The van der Waals surface area contributed by atoms with Crippen LogP contribution < -0.4 is 0 Å². The van der Waals surface area contributed by atoms with Crippen molar-refractivity contribution in [3.05, 3.63) is 33.8 Å². The minimum Gasteiger partial charge on any atom is -0.478 e. The van der Waals surface area contributed by atoms with Crippen LogP contribution in [0, 0.1) is 0 Å². The molecule has 2 amide bonds. The lowest BCUT2D eigenvalue weighted by molar-refractivity contribution is 0.0141. The Balaban J connectivity index is 2.05. The zero-order chi connectivity index (χ0) is 18.8. The molecule has 1 aromatic carbocycles. The fourth-order valence-electron chi connectivity index (χ4n) is 2.47. The predicted octanol–water partition coefficient (Wildman–Crippen LogP) is 2.84. The standard InChI is InChI=1S/C17H21BrN2O5/c1-17(2,3)25-16(24)20-8-6-19(7-9-20)14(21)12-5-4-11(18)10-13(12)15(22)23/h4-5,10H,6-9H2,1-3H3,(H,22,23). The Morgan fingerprint density at radius 3 is 2.12 bits per heavy atom. The van der Waals surface area contributed by atoms with Crippen LogP contribution in [-0.4, -0.2) is 64.7 Å². The summed E-state index contributed by atoms with van der Waals surface area (Å²) >= 11 is 3.21. The zero-order valence-electron chi connectivity index (χ0n) is 14.4. The molecule has 0 saturated carbocycles. The third kappa shape index (κ3) is 4.94. The number of amides is 2. The van der Waals surface area contributed by atoms with Crippen LogP contribution in [0.4, 0.5) is 4.79 Å². The summed E-state index contributed by atoms with van der Waals surface area (Å²) < 4.78 is 5.92. The second kappa shape index (κ2) is 7.43. The molecule has 1 aliphatic heterocycles. The number of carboxylic acids is 1. The molecule has 0 aliphatic carbocycles. The number of nitrogens with zero attached hydrogens (tertiary/aromatic N) is 2. The molecular formula is C17H21BrN2O5. The van der Waals surface area contributed by atoms with Crippen molar-refractivity contribution in [2.75, 3.05) is 26.2 Å². The Hall–Kier alpha value is -2.09. The van der Waals surface area contributed by atoms with Gasteiger partial charge in [0.2, 0.25) is 0 Å². The van der Waals surface area contributed by atoms with E-state index in [9.17, 15) is 19.5 Å². The van der Waals surface area contributed by atoms with Crippen molar-refractivity contribution in [2.24, 2.45) is 0 Å². The first-order valence-corrected chi connectivity index (χ1v) is 8.68. The summed E-state index contributed by atoms with van der Waals surface area (Å²) in [6, 6.07) is 4.54. The molecule has 1 N–H and O–H groups in total. The quantitative estimate of drug-likeness (QED) is 0.806. The first-order valence-electron chi connectivity index (χ1n) is 7.88. The van der Waals surface area contributed by atoms with Crippen molar-refractivity contribution < 1.29 is 24.2 Å². The summed E-state index contributed by atoms with van der Waals surface area (Å²) in [7, 11) is 0. The van der Waals surface area contributed by atoms with Crippen LogP contribution in [0.3, 0.4) is 0 Å². The average molecular weight is 413 g/mol. The van der Waals surface area contributed by atoms with Crippen molar-refractivity contribution >= 4 is 33.9 Å². The van der Waals surface area contributed by atoms with Gasteiger partial charge in [-0.1, -0.05) is 15.9 Å². The van der Waals surface area contributed by atoms with E-state index in [2.05, 4.69) is 15.9 Å². The molecule has 7 nitrogen and oxygen atoms in total. The Kier molecular flexibility index (Phi) is 5.72. The summed E-state index contributed by atoms with van der Waals surface area (Å²) in [6.07, 6.45) is -0.408. The number of aromatic carboxylic acids is 1.